The molecule has 2 aliphatic rings. The summed E-state index contributed by atoms with van der Waals surface area (Å²) in [7, 11) is 0. The lowest BCUT2D eigenvalue weighted by Gasteiger charge is -2.25. The van der Waals surface area contributed by atoms with E-state index in [1.165, 1.54) is 0 Å². The molecule has 2 aliphatic carbocycles. The van der Waals surface area contributed by atoms with Crippen LogP contribution in [0, 0.1) is 17.3 Å². The maximum atomic E-state index is 11.8. The van der Waals surface area contributed by atoms with E-state index < -0.39 is 11.8 Å². The van der Waals surface area contributed by atoms with Crippen molar-refractivity contribution in [2.45, 2.75) is 33.6 Å². The van der Waals surface area contributed by atoms with Gasteiger partial charge in [-0.05, 0) is 37.0 Å². The minimum Gasteiger partial charge on any atom is -0.475 e. The van der Waals surface area contributed by atoms with Crippen LogP contribution in [0.25, 0.3) is 0 Å². The molecule has 1 saturated carbocycles. The van der Waals surface area contributed by atoms with Gasteiger partial charge in [0.05, 0.1) is 0 Å². The Morgan fingerprint density at radius 1 is 1.37 bits per heavy atom. The molecular weight excluding hydrogens is 244 g/mol. The summed E-state index contributed by atoms with van der Waals surface area (Å²) >= 11 is 0. The number of carbonyl (C=O) groups excluding carboxylic acids is 2. The van der Waals surface area contributed by atoms with E-state index in [9.17, 15) is 14.4 Å². The topological polar surface area (TPSA) is 71.4 Å². The molecule has 0 aromatic carbocycles. The van der Waals surface area contributed by atoms with Crippen molar-refractivity contribution < 1.29 is 19.5 Å². The van der Waals surface area contributed by atoms with Crippen LogP contribution in [0.2, 0.25) is 0 Å². The maximum Gasteiger partial charge on any atom is 0.377 e. The molecule has 1 N–H and O–H groups in total. The molecule has 0 bridgehead atoms. The van der Waals surface area contributed by atoms with Crippen LogP contribution in [0.5, 0.6) is 0 Å². The number of aliphatic carboxylic acids is 1. The van der Waals surface area contributed by atoms with Crippen LogP contribution in [0.4, 0.5) is 0 Å². The number of carboxylic acids is 1. The van der Waals surface area contributed by atoms with Gasteiger partial charge in [0.25, 0.3) is 5.78 Å². The van der Waals surface area contributed by atoms with Gasteiger partial charge in [-0.3, -0.25) is 9.59 Å². The normalized spacial score (nSPS) is 28.7. The summed E-state index contributed by atoms with van der Waals surface area (Å²) in [4.78, 5) is 33.8. The standard InChI is InChI=1S/C15H18O4/c1-8-11-6-15(2,3)5-9(11)4-10(7-16)12(8)13(17)14(18)19/h4,7,9,11H,5-6H2,1-3H3,(H,18,19)/t9-,11-/m1/s1. The molecule has 0 unspecified atom stereocenters. The highest BCUT2D eigenvalue weighted by Gasteiger charge is 2.43. The monoisotopic (exact) mass is 262 g/mol. The summed E-state index contributed by atoms with van der Waals surface area (Å²) in [6, 6.07) is 0. The average Bonchev–Trinajstić information content (AvgIpc) is 2.62. The summed E-state index contributed by atoms with van der Waals surface area (Å²) in [5, 5.41) is 8.88. The van der Waals surface area contributed by atoms with Crippen LogP contribution >= 0.6 is 0 Å². The molecule has 2 atom stereocenters. The largest absolute Gasteiger partial charge is 0.475 e. The van der Waals surface area contributed by atoms with E-state index in [1.54, 1.807) is 13.0 Å². The van der Waals surface area contributed by atoms with E-state index in [2.05, 4.69) is 13.8 Å². The molecule has 4 nitrogen and oxygen atoms in total. The van der Waals surface area contributed by atoms with Crippen molar-refractivity contribution in [3.05, 3.63) is 22.8 Å². The van der Waals surface area contributed by atoms with Gasteiger partial charge in [-0.2, -0.15) is 0 Å². The highest BCUT2D eigenvalue weighted by Crippen LogP contribution is 2.51. The van der Waals surface area contributed by atoms with Crippen molar-refractivity contribution in [1.29, 1.82) is 0 Å². The predicted octanol–water partition coefficient (Wildman–Crippen LogP) is 2.15. The van der Waals surface area contributed by atoms with Gasteiger partial charge >= 0.3 is 5.97 Å². The number of hydrogen-bond donors (Lipinski definition) is 1. The van der Waals surface area contributed by atoms with Gasteiger partial charge in [0.15, 0.2) is 0 Å². The van der Waals surface area contributed by atoms with Crippen molar-refractivity contribution in [2.75, 3.05) is 0 Å². The van der Waals surface area contributed by atoms with Crippen LogP contribution in [0.15, 0.2) is 22.8 Å². The number of carboxylic acid groups (broad SMARTS) is 1. The van der Waals surface area contributed by atoms with Gasteiger partial charge in [-0.25, -0.2) is 4.79 Å². The second-order valence-corrected chi connectivity index (χ2v) is 6.27. The Morgan fingerprint density at radius 3 is 2.53 bits per heavy atom. The number of allylic oxidation sites excluding steroid dienone is 3. The number of ketones is 1. The molecule has 0 amide bonds. The molecule has 0 saturated heterocycles. The lowest BCUT2D eigenvalue weighted by Crippen LogP contribution is -2.25. The van der Waals surface area contributed by atoms with E-state index in [0.29, 0.717) is 6.29 Å². The Kier molecular flexibility index (Phi) is 3.20. The predicted molar refractivity (Wildman–Crippen MR) is 69.5 cm³/mol. The molecule has 1 fully saturated rings. The summed E-state index contributed by atoms with van der Waals surface area (Å²) < 4.78 is 0. The Balaban J connectivity index is 2.49. The van der Waals surface area contributed by atoms with Crippen molar-refractivity contribution in [1.82, 2.24) is 0 Å². The highest BCUT2D eigenvalue weighted by atomic mass is 16.4. The van der Waals surface area contributed by atoms with Gasteiger partial charge in [-0.1, -0.05) is 25.5 Å². The van der Waals surface area contributed by atoms with E-state index in [-0.39, 0.29) is 28.4 Å². The minimum absolute atomic E-state index is 0.0986. The van der Waals surface area contributed by atoms with Gasteiger partial charge in [0.2, 0.25) is 0 Å². The molecular formula is C15H18O4. The first kappa shape index (κ1) is 13.7. The molecule has 0 spiro atoms. The maximum absolute atomic E-state index is 11.8. The molecule has 19 heavy (non-hydrogen) atoms. The molecule has 0 aromatic heterocycles. The Labute approximate surface area is 112 Å². The van der Waals surface area contributed by atoms with Crippen LogP contribution in [0.3, 0.4) is 0 Å². The first-order chi connectivity index (χ1) is 8.76. The summed E-state index contributed by atoms with van der Waals surface area (Å²) in [6.45, 7) is 6.10. The summed E-state index contributed by atoms with van der Waals surface area (Å²) in [5.74, 6) is -2.06. The first-order valence-corrected chi connectivity index (χ1v) is 6.42. The quantitative estimate of drug-likeness (QED) is 0.625. The van der Waals surface area contributed by atoms with Crippen molar-refractivity contribution in [3.63, 3.8) is 0 Å². The van der Waals surface area contributed by atoms with Crippen molar-refractivity contribution in [2.24, 2.45) is 17.3 Å². The molecule has 0 heterocycles. The number of hydrogen-bond acceptors (Lipinski definition) is 3. The lowest BCUT2D eigenvalue weighted by atomic mass is 9.77. The molecule has 0 radical (unpaired) electrons. The number of fused-ring (bicyclic) bond motifs is 1. The number of carbonyl (C=O) groups is 3. The fourth-order valence-electron chi connectivity index (χ4n) is 3.50. The fraction of sp³-hybridized carbons (Fsp3) is 0.533. The van der Waals surface area contributed by atoms with Crippen LogP contribution in [-0.2, 0) is 14.4 Å². The van der Waals surface area contributed by atoms with Crippen LogP contribution in [-0.4, -0.2) is 23.1 Å². The zero-order valence-corrected chi connectivity index (χ0v) is 11.4. The van der Waals surface area contributed by atoms with E-state index in [4.69, 9.17) is 5.11 Å². The van der Waals surface area contributed by atoms with Gasteiger partial charge < -0.3 is 5.11 Å². The average molecular weight is 262 g/mol. The molecule has 2 rings (SSSR count). The lowest BCUT2D eigenvalue weighted by molar-refractivity contribution is -0.147. The smallest absolute Gasteiger partial charge is 0.377 e. The number of aldehydes is 1. The van der Waals surface area contributed by atoms with E-state index in [0.717, 1.165) is 18.4 Å². The van der Waals surface area contributed by atoms with Gasteiger partial charge in [0, 0.05) is 11.1 Å². The van der Waals surface area contributed by atoms with Crippen molar-refractivity contribution in [3.8, 4) is 0 Å². The Hall–Kier alpha value is -1.71. The summed E-state index contributed by atoms with van der Waals surface area (Å²) in [5.41, 5.74) is 1.25. The number of rotatable bonds is 3. The third-order valence-electron chi connectivity index (χ3n) is 4.26. The second kappa shape index (κ2) is 4.44. The van der Waals surface area contributed by atoms with E-state index >= 15 is 0 Å². The molecule has 102 valence electrons. The van der Waals surface area contributed by atoms with Crippen LogP contribution in [0.1, 0.15) is 33.6 Å². The SMILES string of the molecule is CC1=C(C(=O)C(=O)O)C(C=O)=C[C@@H]2CC(C)(C)C[C@H]12. The van der Waals surface area contributed by atoms with E-state index in [1.807, 2.05) is 0 Å². The van der Waals surface area contributed by atoms with Crippen molar-refractivity contribution >= 4 is 18.0 Å². The first-order valence-electron chi connectivity index (χ1n) is 6.42. The summed E-state index contributed by atoms with van der Waals surface area (Å²) in [6.07, 6.45) is 4.26. The molecule has 0 aliphatic heterocycles. The highest BCUT2D eigenvalue weighted by molar-refractivity contribution is 6.42. The van der Waals surface area contributed by atoms with Gasteiger partial charge in [0.1, 0.15) is 6.29 Å². The minimum atomic E-state index is -1.50. The third kappa shape index (κ3) is 2.27. The number of Topliss-reactive ketones (excluding diaryl/α,β-unsaturated/α-hetero) is 1. The van der Waals surface area contributed by atoms with Crippen LogP contribution < -0.4 is 0 Å². The Bertz CT molecular complexity index is 522. The third-order valence-corrected chi connectivity index (χ3v) is 4.26. The fourth-order valence-corrected chi connectivity index (χ4v) is 3.50. The second-order valence-electron chi connectivity index (χ2n) is 6.27. The van der Waals surface area contributed by atoms with Gasteiger partial charge in [-0.15, -0.1) is 0 Å². The zero-order chi connectivity index (χ0) is 14.4. The molecule has 4 heteroatoms. The Morgan fingerprint density at radius 2 is 2.00 bits per heavy atom. The zero-order valence-electron chi connectivity index (χ0n) is 11.4. The molecule has 0 aromatic rings.